The first-order valence-corrected chi connectivity index (χ1v) is 11.4. The molecule has 35 heavy (non-hydrogen) atoms. The smallest absolute Gasteiger partial charge is 0.258 e. The van der Waals surface area contributed by atoms with Crippen LogP contribution in [0, 0.1) is 20.2 Å². The summed E-state index contributed by atoms with van der Waals surface area (Å²) < 4.78 is 2.06. The van der Waals surface area contributed by atoms with E-state index in [9.17, 15) is 20.2 Å². The van der Waals surface area contributed by atoms with Crippen molar-refractivity contribution in [2.45, 2.75) is 5.54 Å². The Kier molecular flexibility index (Phi) is 5.62. The Balaban J connectivity index is 1.99. The minimum Gasteiger partial charge on any atom is -0.258 e. The minimum absolute atomic E-state index is 0.345. The molecule has 8 nitrogen and oxygen atoms in total. The number of benzene rings is 4. The maximum Gasteiger partial charge on any atom is 0.348 e. The van der Waals surface area contributed by atoms with Gasteiger partial charge in [0.15, 0.2) is 0 Å². The molecule has 9 heteroatoms. The predicted molar refractivity (Wildman–Crippen MR) is 135 cm³/mol. The van der Waals surface area contributed by atoms with Crippen molar-refractivity contribution < 1.29 is 9.85 Å². The summed E-state index contributed by atoms with van der Waals surface area (Å²) in [4.78, 5) is 21.9. The first-order valence-electron chi connectivity index (χ1n) is 10.6. The number of hydrogen-bond acceptors (Lipinski definition) is 5. The van der Waals surface area contributed by atoms with Crippen LogP contribution in [0.2, 0.25) is 0 Å². The van der Waals surface area contributed by atoms with Crippen LogP contribution < -0.4 is 0 Å². The highest BCUT2D eigenvalue weighted by Gasteiger charge is 2.41. The first-order chi connectivity index (χ1) is 16.9. The van der Waals surface area contributed by atoms with Crippen molar-refractivity contribution in [3.8, 4) is 0 Å². The molecule has 1 heterocycles. The second-order valence-electron chi connectivity index (χ2n) is 7.88. The molecular weight excluding hydrogens is 512 g/mol. The fraction of sp³-hybridized carbons (Fsp3) is 0.0385. The molecule has 0 fully saturated rings. The lowest BCUT2D eigenvalue weighted by molar-refractivity contribution is -0.422. The van der Waals surface area contributed by atoms with Crippen molar-refractivity contribution in [1.29, 1.82) is 0 Å². The Labute approximate surface area is 207 Å². The highest BCUT2D eigenvalue weighted by molar-refractivity contribution is 9.10. The van der Waals surface area contributed by atoms with E-state index in [-0.39, 0.29) is 0 Å². The Morgan fingerprint density at radius 1 is 0.686 bits per heavy atom. The molecule has 0 saturated carbocycles. The van der Waals surface area contributed by atoms with Gasteiger partial charge >= 0.3 is 11.4 Å². The summed E-state index contributed by atoms with van der Waals surface area (Å²) in [5, 5.41) is 28.6. The van der Waals surface area contributed by atoms with Crippen molar-refractivity contribution >= 4 is 38.2 Å². The van der Waals surface area contributed by atoms with Gasteiger partial charge in [0.25, 0.3) is 0 Å². The number of fused-ring (bicyclic) bond motifs is 1. The SMILES string of the molecule is O=[N+]([O-])c1cc2c(Br)nn(C(c3ccccc3)(c3ccccc3)c3ccccc3)c2cc1[N+](=O)[O-]. The van der Waals surface area contributed by atoms with Gasteiger partial charge in [0.2, 0.25) is 0 Å². The standard InChI is InChI=1S/C26H17BrN4O4/c27-25-21-16-23(30(32)33)24(31(34)35)17-22(21)29(28-25)26(18-10-4-1-5-11-18,19-12-6-2-7-13-19)20-14-8-3-9-15-20/h1-17H. The molecule has 172 valence electrons. The average molecular weight is 529 g/mol. The van der Waals surface area contributed by atoms with Crippen LogP contribution in [0.5, 0.6) is 0 Å². The summed E-state index contributed by atoms with van der Waals surface area (Å²) >= 11 is 3.45. The van der Waals surface area contributed by atoms with Crippen molar-refractivity contribution in [2.75, 3.05) is 0 Å². The molecule has 0 radical (unpaired) electrons. The molecule has 1 aromatic heterocycles. The van der Waals surface area contributed by atoms with Gasteiger partial charge in [-0.1, -0.05) is 91.0 Å². The second kappa shape index (κ2) is 8.77. The van der Waals surface area contributed by atoms with E-state index in [1.165, 1.54) is 12.1 Å². The fourth-order valence-electron chi connectivity index (χ4n) is 4.55. The average Bonchev–Trinajstić information content (AvgIpc) is 3.21. The van der Waals surface area contributed by atoms with E-state index in [1.807, 2.05) is 91.0 Å². The minimum atomic E-state index is -1.03. The second-order valence-corrected chi connectivity index (χ2v) is 8.63. The molecule has 0 unspecified atom stereocenters. The first kappa shape index (κ1) is 22.4. The van der Waals surface area contributed by atoms with E-state index in [0.29, 0.717) is 15.5 Å². The van der Waals surface area contributed by atoms with Crippen molar-refractivity contribution in [3.63, 3.8) is 0 Å². The summed E-state index contributed by atoms with van der Waals surface area (Å²) in [5.41, 5.74) is 0.774. The van der Waals surface area contributed by atoms with Crippen LogP contribution in [0.25, 0.3) is 10.9 Å². The third kappa shape index (κ3) is 3.57. The molecule has 0 N–H and O–H groups in total. The Bertz CT molecular complexity index is 1460. The number of nitro benzene ring substituents is 2. The summed E-state index contributed by atoms with van der Waals surface area (Å²) in [5.74, 6) is 0. The van der Waals surface area contributed by atoms with Gasteiger partial charge in [-0.15, -0.1) is 0 Å². The molecule has 0 atom stereocenters. The Hall–Kier alpha value is -4.37. The number of rotatable bonds is 6. The van der Waals surface area contributed by atoms with E-state index in [4.69, 9.17) is 5.10 Å². The van der Waals surface area contributed by atoms with Gasteiger partial charge in [-0.3, -0.25) is 20.2 Å². The van der Waals surface area contributed by atoms with Gasteiger partial charge in [-0.25, -0.2) is 4.68 Å². The van der Waals surface area contributed by atoms with E-state index in [0.717, 1.165) is 16.7 Å². The molecule has 5 rings (SSSR count). The summed E-state index contributed by atoms with van der Waals surface area (Å²) in [6.07, 6.45) is 0. The van der Waals surface area contributed by atoms with E-state index >= 15 is 0 Å². The molecule has 0 saturated heterocycles. The van der Waals surface area contributed by atoms with Crippen LogP contribution in [-0.2, 0) is 5.54 Å². The molecule has 4 aromatic carbocycles. The third-order valence-corrected chi connectivity index (χ3v) is 6.60. The maximum atomic E-state index is 11.8. The number of halogens is 1. The molecule has 5 aromatic rings. The summed E-state index contributed by atoms with van der Waals surface area (Å²) in [7, 11) is 0. The lowest BCUT2D eigenvalue weighted by atomic mass is 9.77. The third-order valence-electron chi connectivity index (χ3n) is 6.02. The maximum absolute atomic E-state index is 11.8. The molecular formula is C26H17BrN4O4. The number of nitro groups is 2. The van der Waals surface area contributed by atoms with E-state index < -0.39 is 26.8 Å². The van der Waals surface area contributed by atoms with Crippen LogP contribution >= 0.6 is 15.9 Å². The van der Waals surface area contributed by atoms with Gasteiger partial charge in [-0.05, 0) is 32.6 Å². The summed E-state index contributed by atoms with van der Waals surface area (Å²) in [6.45, 7) is 0. The lowest BCUT2D eigenvalue weighted by Gasteiger charge is -2.36. The van der Waals surface area contributed by atoms with Crippen LogP contribution in [0.1, 0.15) is 16.7 Å². The molecule has 0 amide bonds. The van der Waals surface area contributed by atoms with Crippen molar-refractivity contribution in [1.82, 2.24) is 9.78 Å². The van der Waals surface area contributed by atoms with E-state index in [1.54, 1.807) is 4.68 Å². The Morgan fingerprint density at radius 3 is 1.49 bits per heavy atom. The zero-order chi connectivity index (χ0) is 24.6. The van der Waals surface area contributed by atoms with Crippen LogP contribution in [0.3, 0.4) is 0 Å². The van der Waals surface area contributed by atoms with Crippen LogP contribution in [-0.4, -0.2) is 19.6 Å². The summed E-state index contributed by atoms with van der Waals surface area (Å²) in [6, 6.07) is 31.5. The van der Waals surface area contributed by atoms with Gasteiger partial charge < -0.3 is 0 Å². The van der Waals surface area contributed by atoms with Crippen LogP contribution in [0.15, 0.2) is 108 Å². The van der Waals surface area contributed by atoms with Crippen LogP contribution in [0.4, 0.5) is 11.4 Å². The highest BCUT2D eigenvalue weighted by Crippen LogP contribution is 2.45. The van der Waals surface area contributed by atoms with Gasteiger partial charge in [0.05, 0.1) is 15.4 Å². The number of aromatic nitrogens is 2. The van der Waals surface area contributed by atoms with Crippen molar-refractivity contribution in [2.24, 2.45) is 0 Å². The molecule has 0 bridgehead atoms. The van der Waals surface area contributed by atoms with E-state index in [2.05, 4.69) is 15.9 Å². The van der Waals surface area contributed by atoms with Gasteiger partial charge in [-0.2, -0.15) is 5.10 Å². The highest BCUT2D eigenvalue weighted by atomic mass is 79.9. The number of hydrogen-bond donors (Lipinski definition) is 0. The fourth-order valence-corrected chi connectivity index (χ4v) is 5.03. The quantitative estimate of drug-likeness (QED) is 0.143. The van der Waals surface area contributed by atoms with Gasteiger partial charge in [0, 0.05) is 17.5 Å². The molecule has 0 aliphatic carbocycles. The molecule has 0 aliphatic heterocycles. The topological polar surface area (TPSA) is 104 Å². The zero-order valence-corrected chi connectivity index (χ0v) is 19.7. The zero-order valence-electron chi connectivity index (χ0n) is 18.1. The predicted octanol–water partition coefficient (Wildman–Crippen LogP) is 6.46. The molecule has 0 spiro atoms. The molecule has 0 aliphatic rings. The monoisotopic (exact) mass is 528 g/mol. The lowest BCUT2D eigenvalue weighted by Crippen LogP contribution is -2.38. The van der Waals surface area contributed by atoms with Crippen molar-refractivity contribution in [3.05, 3.63) is 145 Å². The Morgan fingerprint density at radius 2 is 1.09 bits per heavy atom. The normalized spacial score (nSPS) is 11.5. The van der Waals surface area contributed by atoms with Gasteiger partial charge in [0.1, 0.15) is 10.1 Å². The largest absolute Gasteiger partial charge is 0.348 e. The number of nitrogens with zero attached hydrogens (tertiary/aromatic N) is 4.